The van der Waals surface area contributed by atoms with Crippen molar-refractivity contribution in [2.45, 2.75) is 149 Å². The minimum absolute atomic E-state index is 0.583. The lowest BCUT2D eigenvalue weighted by atomic mass is 10.3. The zero-order valence-electron chi connectivity index (χ0n) is 44.8. The number of aliphatic carboxylic acids is 1. The monoisotopic (exact) mass is 974 g/mol. The summed E-state index contributed by atoms with van der Waals surface area (Å²) in [6, 6.07) is 0.833. The molecular formula is C48H101N4O9S3-. The van der Waals surface area contributed by atoms with Crippen molar-refractivity contribution >= 4 is 58.5 Å². The first-order valence-electron chi connectivity index (χ1n) is 20.0. The molecule has 0 bridgehead atoms. The first-order chi connectivity index (χ1) is 29.8. The van der Waals surface area contributed by atoms with Gasteiger partial charge in [-0.1, -0.05) is 74.8 Å². The van der Waals surface area contributed by atoms with Crippen LogP contribution in [0.2, 0.25) is 0 Å². The molecule has 386 valence electrons. The summed E-state index contributed by atoms with van der Waals surface area (Å²) in [7, 11) is 1.81. The van der Waals surface area contributed by atoms with Gasteiger partial charge in [-0.25, -0.2) is 14.8 Å². The van der Waals surface area contributed by atoms with Crippen LogP contribution in [0, 0.1) is 18.4 Å². The number of nitrogens with zero attached hydrogens (tertiary/aromatic N) is 2. The smallest absolute Gasteiger partial charge is 0.300 e. The van der Waals surface area contributed by atoms with Gasteiger partial charge in [-0.05, 0) is 122 Å². The quantitative estimate of drug-likeness (QED) is 0.0148. The molecule has 2 unspecified atom stereocenters. The molecule has 0 aromatic heterocycles. The largest absolute Gasteiger partial charge is 0.501 e. The second-order valence-electron chi connectivity index (χ2n) is 10.7. The Hall–Kier alpha value is -3.58. The summed E-state index contributed by atoms with van der Waals surface area (Å²) >= 11 is 7.66. The summed E-state index contributed by atoms with van der Waals surface area (Å²) in [4.78, 5) is 32.9. The lowest BCUT2D eigenvalue weighted by molar-refractivity contribution is -0.134. The number of ether oxygens (including phenoxy) is 1. The van der Waals surface area contributed by atoms with Gasteiger partial charge in [-0.15, -0.1) is 25.5 Å². The van der Waals surface area contributed by atoms with E-state index in [2.05, 4.69) is 142 Å². The summed E-state index contributed by atoms with van der Waals surface area (Å²) in [6.07, 6.45) is 30.2. The van der Waals surface area contributed by atoms with Crippen molar-refractivity contribution in [1.82, 2.24) is 5.32 Å². The number of rotatable bonds is 3. The van der Waals surface area contributed by atoms with E-state index < -0.39 is 16.1 Å². The van der Waals surface area contributed by atoms with Crippen molar-refractivity contribution in [2.24, 2.45) is 15.7 Å². The van der Waals surface area contributed by atoms with E-state index in [4.69, 9.17) is 33.9 Å². The Morgan fingerprint density at radius 2 is 1.19 bits per heavy atom. The van der Waals surface area contributed by atoms with Crippen molar-refractivity contribution < 1.29 is 42.3 Å². The number of isothiocyanates is 1. The molecule has 2 saturated heterocycles. The number of aliphatic hydroxyl groups is 1. The lowest BCUT2D eigenvalue weighted by Gasteiger charge is -1.94. The topological polar surface area (TPSA) is 231 Å². The number of unbranched alkanes of at least 4 members (excludes halogenated alkanes) is 1. The molecule has 13 nitrogen and oxygen atoms in total. The van der Waals surface area contributed by atoms with Crippen molar-refractivity contribution in [3.63, 3.8) is 0 Å². The molecule has 0 spiro atoms. The van der Waals surface area contributed by atoms with Gasteiger partial charge in [-0.2, -0.15) is 27.5 Å². The fourth-order valence-electron chi connectivity index (χ4n) is 0.738. The fraction of sp³-hybridized carbons (Fsp3) is 0.625. The average molecular weight is 975 g/mol. The summed E-state index contributed by atoms with van der Waals surface area (Å²) < 4.78 is 30.6. The van der Waals surface area contributed by atoms with Crippen molar-refractivity contribution in [3.8, 4) is 12.3 Å². The number of carboxylic acid groups (broad SMARTS) is 1. The predicted molar refractivity (Wildman–Crippen MR) is 294 cm³/mol. The van der Waals surface area contributed by atoms with Gasteiger partial charge in [0.1, 0.15) is 6.29 Å². The molecule has 0 amide bonds. The molecule has 2 fully saturated rings. The number of aldehydes is 1. The molecule has 2 rings (SSSR count). The highest BCUT2D eigenvalue weighted by molar-refractivity contribution is 7.85. The summed E-state index contributed by atoms with van der Waals surface area (Å²) in [5.41, 5.74) is 7.05. The highest BCUT2D eigenvalue weighted by Crippen LogP contribution is 2.04. The number of epoxide rings is 1. The number of aliphatic hydroxyl groups excluding tert-OH is 1. The number of hydrogen-bond acceptors (Lipinski definition) is 13. The number of allylic oxidation sites excluding steroid dienone is 10. The number of carboxylic acids is 1. The van der Waals surface area contributed by atoms with Crippen LogP contribution in [0.4, 0.5) is 0 Å². The van der Waals surface area contributed by atoms with E-state index in [9.17, 15) is 8.42 Å². The maximum Gasteiger partial charge on any atom is 0.300 e. The van der Waals surface area contributed by atoms with Gasteiger partial charge in [0, 0.05) is 40.7 Å². The number of nitrogens with one attached hydrogen (secondary N) is 1. The highest BCUT2D eigenvalue weighted by atomic mass is 32.2. The Bertz CT molecular complexity index is 1100. The van der Waals surface area contributed by atoms with Gasteiger partial charge in [0.2, 0.25) is 6.08 Å². The number of thiol groups is 1. The van der Waals surface area contributed by atoms with Gasteiger partial charge in [-0.3, -0.25) is 15.4 Å². The summed E-state index contributed by atoms with van der Waals surface area (Å²) in [5, 5.41) is 19.7. The maximum absolute atomic E-state index is 9.19. The zero-order chi connectivity index (χ0) is 55.2. The number of isocyanates is 1. The molecule has 16 heteroatoms. The van der Waals surface area contributed by atoms with E-state index in [1.54, 1.807) is 26.3 Å². The normalized spacial score (nSPS) is 10.9. The second kappa shape index (κ2) is 137. The Morgan fingerprint density at radius 3 is 1.20 bits per heavy atom. The maximum atomic E-state index is 9.19. The average Bonchev–Trinajstić information content (AvgIpc) is 4.20. The fourth-order valence-corrected chi connectivity index (χ4v) is 0.738. The molecule has 64 heavy (non-hydrogen) atoms. The number of carbonyl (C=O) groups excluding carboxylic acids is 2. The molecule has 0 saturated carbocycles. The molecular weight excluding hydrogens is 873 g/mol. The van der Waals surface area contributed by atoms with Crippen LogP contribution < -0.4 is 11.1 Å². The standard InChI is InChI=1S/C6H11.2C5H10.2C4H8.C3H7N.C3H6O.C3H6.C3H4.C2H3NO.C2H3NS.C2H4O2.C2H4O.CH5N.CH4O3S.CH4O.CH4S/c1-3-5-6-4-2;1-4-5(2)3;1-3-5-4-2;1-4(2)3;1-3-4-2;2*1-3-2-4-3;2*1-3-2;2*1-3-2-4;1-2(3)4;1-2-3;1-2;1-5(2,3)4;2*1-2/h3H,4,6H2,1-2H3;4H,1-3H3;3,5H,4H2,1-2H3;1H2,2-3H3;3-4H,1-2H3;3-4H,2H2,1H3;3H,2H2,1H3;3H,1H2,2H3;1H,2H3;2*1H3;1H3,(H,3,4);2H,1H3;2H2,1H3;1H3,(H,2,3,4);2*2H,1H3/q-1;;;;;;;;;;;;;;;;. The molecule has 0 radical (unpaired) electrons. The van der Waals surface area contributed by atoms with Gasteiger partial charge in [0.05, 0.1) is 24.1 Å². The minimum atomic E-state index is -3.67. The van der Waals surface area contributed by atoms with Gasteiger partial charge in [0.15, 0.2) is 0 Å². The van der Waals surface area contributed by atoms with Crippen LogP contribution in [0.3, 0.4) is 0 Å². The van der Waals surface area contributed by atoms with Crippen molar-refractivity contribution in [1.29, 1.82) is 0 Å². The zero-order valence-corrected chi connectivity index (χ0v) is 47.4. The van der Waals surface area contributed by atoms with E-state index in [0.717, 1.165) is 45.8 Å². The number of aliphatic imine (C=N–C) groups is 2. The number of thiocarbonyl (C=S) groups is 1. The highest BCUT2D eigenvalue weighted by Gasteiger charge is 2.13. The van der Waals surface area contributed by atoms with Crippen LogP contribution >= 0.6 is 24.8 Å². The number of nitrogens with two attached hydrogens (primary N) is 1. The van der Waals surface area contributed by atoms with Crippen LogP contribution in [-0.2, 0) is 29.2 Å². The first-order valence-corrected chi connectivity index (χ1v) is 23.1. The molecule has 2 heterocycles. The third kappa shape index (κ3) is 1250. The second-order valence-corrected chi connectivity index (χ2v) is 12.4. The Balaban J connectivity index is -0.0000000309. The van der Waals surface area contributed by atoms with Gasteiger partial charge < -0.3 is 36.9 Å². The number of carbonyl (C=O) groups is 2. The molecule has 0 aliphatic carbocycles. The Kier molecular flexibility index (Phi) is 222. The van der Waals surface area contributed by atoms with Crippen molar-refractivity contribution in [3.05, 3.63) is 72.9 Å². The minimum Gasteiger partial charge on any atom is -0.501 e. The van der Waals surface area contributed by atoms with Crippen LogP contribution in [0.1, 0.15) is 137 Å². The van der Waals surface area contributed by atoms with E-state index in [0.29, 0.717) is 12.4 Å². The molecule has 2 aliphatic heterocycles. The summed E-state index contributed by atoms with van der Waals surface area (Å²) in [6.45, 7) is 41.9. The molecule has 6 N–H and O–H groups in total. The van der Waals surface area contributed by atoms with Crippen LogP contribution in [0.15, 0.2) is 76.8 Å². The van der Waals surface area contributed by atoms with E-state index >= 15 is 0 Å². The third-order valence-corrected chi connectivity index (χ3v) is 3.46. The van der Waals surface area contributed by atoms with Gasteiger partial charge >= 0.3 is 0 Å². The van der Waals surface area contributed by atoms with Crippen LogP contribution in [-0.4, -0.2) is 113 Å². The number of terminal acetylenes is 1. The molecule has 2 aliphatic rings. The van der Waals surface area contributed by atoms with Crippen molar-refractivity contribution in [2.75, 3.05) is 53.9 Å². The lowest BCUT2D eigenvalue weighted by Crippen LogP contribution is -1.88. The third-order valence-electron chi connectivity index (χ3n) is 3.28. The van der Waals surface area contributed by atoms with Crippen LogP contribution in [0.25, 0.3) is 0 Å². The summed E-state index contributed by atoms with van der Waals surface area (Å²) in [5.74, 6) is 1.42. The first kappa shape index (κ1) is 103. The Labute approximate surface area is 408 Å². The van der Waals surface area contributed by atoms with Gasteiger partial charge in [0.25, 0.3) is 16.1 Å². The van der Waals surface area contributed by atoms with E-state index in [1.165, 1.54) is 51.2 Å². The molecule has 0 aromatic carbocycles. The Morgan fingerprint density at radius 1 is 0.984 bits per heavy atom. The SMILES string of the molecule is C#CC.C=C(C)C.C=CC.CC(=O)O.CC1CN1.CC1CO1.CC=C(C)C.CC=CC.CC=CCC.CC=O.CC=[C-]CCC.CN.CN=C=O.CN=C=S.CO.CS.CS(=O)(=O)O. The van der Waals surface area contributed by atoms with E-state index in [-0.39, 0.29) is 0 Å². The van der Waals surface area contributed by atoms with E-state index in [1.807, 2.05) is 73.6 Å². The molecule has 2 atom stereocenters. The molecule has 0 aromatic rings. The van der Waals surface area contributed by atoms with Crippen LogP contribution in [0.5, 0.6) is 0 Å². The number of hydrogen-bond donors (Lipinski definition) is 6. The predicted octanol–water partition coefficient (Wildman–Crippen LogP) is 11.7.